The predicted molar refractivity (Wildman–Crippen MR) is 90.8 cm³/mol. The van der Waals surface area contributed by atoms with Crippen molar-refractivity contribution in [1.82, 2.24) is 19.8 Å². The summed E-state index contributed by atoms with van der Waals surface area (Å²) in [5.41, 5.74) is 1.16. The van der Waals surface area contributed by atoms with Crippen molar-refractivity contribution in [3.63, 3.8) is 0 Å². The Bertz CT molecular complexity index is 771. The third-order valence-electron chi connectivity index (χ3n) is 5.08. The van der Waals surface area contributed by atoms with Crippen LogP contribution in [0.1, 0.15) is 23.2 Å². The van der Waals surface area contributed by atoms with Crippen LogP contribution in [-0.4, -0.2) is 71.1 Å². The summed E-state index contributed by atoms with van der Waals surface area (Å²) >= 11 is 0. The second-order valence-corrected chi connectivity index (χ2v) is 6.55. The van der Waals surface area contributed by atoms with Crippen LogP contribution < -0.4 is 0 Å². The standard InChI is InChI=1S/C18H21FN4O2/c19-13-11-15(17-16(12-13)20-3-4-21-17)18(24)23-7-5-22(6-8-23)14-1-9-25-10-2-14/h3-4,11-12,14H,1-2,5-10H2. The molecule has 0 unspecified atom stereocenters. The normalized spacial score (nSPS) is 20.1. The fraction of sp³-hybridized carbons (Fsp3) is 0.500. The van der Waals surface area contributed by atoms with Crippen LogP contribution in [0.5, 0.6) is 0 Å². The van der Waals surface area contributed by atoms with Gasteiger partial charge in [0.1, 0.15) is 11.3 Å². The van der Waals surface area contributed by atoms with Crippen LogP contribution in [0.2, 0.25) is 0 Å². The van der Waals surface area contributed by atoms with Crippen molar-refractivity contribution in [2.24, 2.45) is 0 Å². The van der Waals surface area contributed by atoms with Crippen LogP contribution in [0.3, 0.4) is 0 Å². The highest BCUT2D eigenvalue weighted by Crippen LogP contribution is 2.21. The van der Waals surface area contributed by atoms with Crippen molar-refractivity contribution in [1.29, 1.82) is 0 Å². The molecule has 2 fully saturated rings. The Balaban J connectivity index is 1.49. The maximum absolute atomic E-state index is 13.9. The molecule has 1 aromatic carbocycles. The molecule has 0 N–H and O–H groups in total. The van der Waals surface area contributed by atoms with E-state index >= 15 is 0 Å². The van der Waals surface area contributed by atoms with Crippen molar-refractivity contribution < 1.29 is 13.9 Å². The zero-order valence-corrected chi connectivity index (χ0v) is 14.0. The van der Waals surface area contributed by atoms with Gasteiger partial charge in [-0.25, -0.2) is 4.39 Å². The van der Waals surface area contributed by atoms with Gasteiger partial charge < -0.3 is 9.64 Å². The molecule has 4 rings (SSSR count). The molecule has 1 amide bonds. The second kappa shape index (κ2) is 7.01. The molecule has 0 saturated carbocycles. The van der Waals surface area contributed by atoms with Gasteiger partial charge in [0, 0.05) is 63.9 Å². The van der Waals surface area contributed by atoms with Gasteiger partial charge in [0.15, 0.2) is 0 Å². The highest BCUT2D eigenvalue weighted by Gasteiger charge is 2.28. The molecule has 1 aromatic heterocycles. The van der Waals surface area contributed by atoms with E-state index in [0.29, 0.717) is 35.7 Å². The number of ether oxygens (including phenoxy) is 1. The summed E-state index contributed by atoms with van der Waals surface area (Å²) in [5, 5.41) is 0. The van der Waals surface area contributed by atoms with Gasteiger partial charge in [-0.2, -0.15) is 0 Å². The van der Waals surface area contributed by atoms with E-state index < -0.39 is 5.82 Å². The highest BCUT2D eigenvalue weighted by molar-refractivity contribution is 6.04. The first-order valence-electron chi connectivity index (χ1n) is 8.74. The summed E-state index contributed by atoms with van der Waals surface area (Å²) in [6.45, 7) is 4.61. The van der Waals surface area contributed by atoms with Gasteiger partial charge in [0.2, 0.25) is 0 Å². The minimum atomic E-state index is -0.461. The molecule has 0 spiro atoms. The number of fused-ring (bicyclic) bond motifs is 1. The van der Waals surface area contributed by atoms with Gasteiger partial charge >= 0.3 is 0 Å². The minimum absolute atomic E-state index is 0.170. The van der Waals surface area contributed by atoms with Crippen molar-refractivity contribution >= 4 is 16.9 Å². The number of hydrogen-bond donors (Lipinski definition) is 0. The number of carbonyl (C=O) groups excluding carboxylic acids is 1. The first-order chi connectivity index (χ1) is 12.2. The van der Waals surface area contributed by atoms with E-state index in [2.05, 4.69) is 14.9 Å². The number of hydrogen-bond acceptors (Lipinski definition) is 5. The molecule has 0 aliphatic carbocycles. The SMILES string of the molecule is O=C(c1cc(F)cc2nccnc12)N1CCN(C2CCOCC2)CC1. The lowest BCUT2D eigenvalue weighted by Gasteiger charge is -2.40. The number of nitrogens with zero attached hydrogens (tertiary/aromatic N) is 4. The smallest absolute Gasteiger partial charge is 0.256 e. The molecule has 3 heterocycles. The summed E-state index contributed by atoms with van der Waals surface area (Å²) in [5.74, 6) is -0.631. The summed E-state index contributed by atoms with van der Waals surface area (Å²) < 4.78 is 19.3. The Morgan fingerprint density at radius 2 is 1.80 bits per heavy atom. The quantitative estimate of drug-likeness (QED) is 0.830. The minimum Gasteiger partial charge on any atom is -0.381 e. The summed E-state index contributed by atoms with van der Waals surface area (Å²) in [7, 11) is 0. The monoisotopic (exact) mass is 344 g/mol. The number of carbonyl (C=O) groups is 1. The van der Waals surface area contributed by atoms with Crippen molar-refractivity contribution in [3.05, 3.63) is 35.9 Å². The molecule has 25 heavy (non-hydrogen) atoms. The summed E-state index contributed by atoms with van der Waals surface area (Å²) in [6, 6.07) is 3.12. The molecule has 2 aromatic rings. The third-order valence-corrected chi connectivity index (χ3v) is 5.08. The van der Waals surface area contributed by atoms with Gasteiger partial charge in [-0.05, 0) is 18.9 Å². The first-order valence-corrected chi connectivity index (χ1v) is 8.74. The number of piperazine rings is 1. The van der Waals surface area contributed by atoms with Crippen LogP contribution in [0.4, 0.5) is 4.39 Å². The molecular weight excluding hydrogens is 323 g/mol. The lowest BCUT2D eigenvalue weighted by Crippen LogP contribution is -2.53. The molecule has 0 bridgehead atoms. The van der Waals surface area contributed by atoms with E-state index in [1.807, 2.05) is 0 Å². The van der Waals surface area contributed by atoms with Gasteiger partial charge in [-0.1, -0.05) is 0 Å². The van der Waals surface area contributed by atoms with Crippen LogP contribution in [0.15, 0.2) is 24.5 Å². The number of halogens is 1. The lowest BCUT2D eigenvalue weighted by molar-refractivity contribution is 0.0138. The average molecular weight is 344 g/mol. The predicted octanol–water partition coefficient (Wildman–Crippen LogP) is 1.71. The Morgan fingerprint density at radius 1 is 1.08 bits per heavy atom. The zero-order valence-electron chi connectivity index (χ0n) is 14.0. The fourth-order valence-corrected chi connectivity index (χ4v) is 3.71. The number of amides is 1. The highest BCUT2D eigenvalue weighted by atomic mass is 19.1. The topological polar surface area (TPSA) is 58.6 Å². The summed E-state index contributed by atoms with van der Waals surface area (Å²) in [4.78, 5) is 25.5. The van der Waals surface area contributed by atoms with Gasteiger partial charge in [0.25, 0.3) is 5.91 Å². The van der Waals surface area contributed by atoms with E-state index in [1.54, 1.807) is 4.90 Å². The Kier molecular flexibility index (Phi) is 4.59. The second-order valence-electron chi connectivity index (χ2n) is 6.55. The molecule has 2 saturated heterocycles. The van der Waals surface area contributed by atoms with E-state index in [9.17, 15) is 9.18 Å². The summed E-state index contributed by atoms with van der Waals surface area (Å²) in [6.07, 6.45) is 5.14. The lowest BCUT2D eigenvalue weighted by atomic mass is 10.1. The Morgan fingerprint density at radius 3 is 2.56 bits per heavy atom. The van der Waals surface area contributed by atoms with E-state index in [1.165, 1.54) is 24.5 Å². The molecule has 0 radical (unpaired) electrons. The van der Waals surface area contributed by atoms with Gasteiger partial charge in [0.05, 0.1) is 11.1 Å². The maximum Gasteiger partial charge on any atom is 0.256 e. The van der Waals surface area contributed by atoms with E-state index in [-0.39, 0.29) is 5.91 Å². The largest absolute Gasteiger partial charge is 0.381 e. The number of benzene rings is 1. The number of rotatable bonds is 2. The molecule has 7 heteroatoms. The molecule has 132 valence electrons. The molecule has 0 atom stereocenters. The zero-order chi connectivity index (χ0) is 17.2. The third kappa shape index (κ3) is 3.34. The fourth-order valence-electron chi connectivity index (χ4n) is 3.71. The van der Waals surface area contributed by atoms with Crippen LogP contribution in [0, 0.1) is 5.82 Å². The van der Waals surface area contributed by atoms with E-state index in [4.69, 9.17) is 4.74 Å². The molecule has 2 aliphatic heterocycles. The molecule has 2 aliphatic rings. The van der Waals surface area contributed by atoms with Crippen LogP contribution >= 0.6 is 0 Å². The van der Waals surface area contributed by atoms with E-state index in [0.717, 1.165) is 39.1 Å². The van der Waals surface area contributed by atoms with Crippen molar-refractivity contribution in [2.45, 2.75) is 18.9 Å². The Hall–Kier alpha value is -2.12. The average Bonchev–Trinajstić information content (AvgIpc) is 2.67. The van der Waals surface area contributed by atoms with Gasteiger partial charge in [-0.3, -0.25) is 19.7 Å². The maximum atomic E-state index is 13.9. The number of aromatic nitrogens is 2. The molecule has 6 nitrogen and oxygen atoms in total. The Labute approximate surface area is 145 Å². The van der Waals surface area contributed by atoms with Crippen LogP contribution in [0.25, 0.3) is 11.0 Å². The van der Waals surface area contributed by atoms with Crippen LogP contribution in [-0.2, 0) is 4.74 Å². The van der Waals surface area contributed by atoms with Crippen molar-refractivity contribution in [3.8, 4) is 0 Å². The van der Waals surface area contributed by atoms with Gasteiger partial charge in [-0.15, -0.1) is 0 Å². The van der Waals surface area contributed by atoms with Crippen molar-refractivity contribution in [2.75, 3.05) is 39.4 Å². The molecular formula is C18H21FN4O2. The first kappa shape index (κ1) is 16.4.